The molecule has 17 heavy (non-hydrogen) atoms. The maximum Gasteiger partial charge on any atom is 0.192 e. The Hall–Kier alpha value is -1.38. The van der Waals surface area contributed by atoms with E-state index in [-0.39, 0.29) is 5.75 Å². The monoisotopic (exact) mass is 238 g/mol. The van der Waals surface area contributed by atoms with Crippen molar-refractivity contribution >= 4 is 6.08 Å². The van der Waals surface area contributed by atoms with Crippen LogP contribution in [0.15, 0.2) is 11.6 Å². The molecule has 0 fully saturated rings. The standard InChI is InChI=1S/C14H16F2O/c1-8-5-9-7-11(15)13(17-14(2,3)4)12(16)10(9)6-8/h6-7H,5H2,1-4H3. The summed E-state index contributed by atoms with van der Waals surface area (Å²) in [5.74, 6) is -1.49. The van der Waals surface area contributed by atoms with Gasteiger partial charge in [-0.05, 0) is 45.7 Å². The van der Waals surface area contributed by atoms with Crippen LogP contribution in [0.4, 0.5) is 8.78 Å². The predicted molar refractivity (Wildman–Crippen MR) is 64.1 cm³/mol. The van der Waals surface area contributed by atoms with E-state index >= 15 is 0 Å². The summed E-state index contributed by atoms with van der Waals surface area (Å²) in [6.07, 6.45) is 2.36. The molecule has 0 spiro atoms. The lowest BCUT2D eigenvalue weighted by molar-refractivity contribution is 0.117. The van der Waals surface area contributed by atoms with E-state index in [2.05, 4.69) is 0 Å². The van der Waals surface area contributed by atoms with Gasteiger partial charge in [0.25, 0.3) is 0 Å². The summed E-state index contributed by atoms with van der Waals surface area (Å²) < 4.78 is 33.2. The summed E-state index contributed by atoms with van der Waals surface area (Å²) in [7, 11) is 0. The zero-order chi connectivity index (χ0) is 12.8. The molecule has 1 aromatic rings. The van der Waals surface area contributed by atoms with Crippen molar-refractivity contribution < 1.29 is 13.5 Å². The summed E-state index contributed by atoms with van der Waals surface area (Å²) in [6.45, 7) is 7.20. The van der Waals surface area contributed by atoms with Crippen molar-refractivity contribution in [1.29, 1.82) is 0 Å². The molecule has 0 amide bonds. The van der Waals surface area contributed by atoms with Crippen molar-refractivity contribution in [2.24, 2.45) is 0 Å². The van der Waals surface area contributed by atoms with Crippen LogP contribution in [0.1, 0.15) is 38.8 Å². The molecule has 0 heterocycles. The maximum absolute atomic E-state index is 14.1. The first-order valence-corrected chi connectivity index (χ1v) is 5.65. The predicted octanol–water partition coefficient (Wildman–Crippen LogP) is 4.10. The molecule has 0 unspecified atom stereocenters. The number of rotatable bonds is 1. The Morgan fingerprint density at radius 3 is 2.47 bits per heavy atom. The Morgan fingerprint density at radius 2 is 1.88 bits per heavy atom. The number of hydrogen-bond acceptors (Lipinski definition) is 1. The van der Waals surface area contributed by atoms with Gasteiger partial charge < -0.3 is 4.74 Å². The average molecular weight is 238 g/mol. The zero-order valence-corrected chi connectivity index (χ0v) is 10.5. The number of allylic oxidation sites excluding steroid dienone is 1. The van der Waals surface area contributed by atoms with Crippen LogP contribution in [0.3, 0.4) is 0 Å². The van der Waals surface area contributed by atoms with E-state index in [1.54, 1.807) is 26.8 Å². The molecule has 0 aromatic heterocycles. The highest BCUT2D eigenvalue weighted by atomic mass is 19.1. The first-order chi connectivity index (χ1) is 7.78. The smallest absolute Gasteiger partial charge is 0.192 e. The van der Waals surface area contributed by atoms with Gasteiger partial charge in [0.1, 0.15) is 5.60 Å². The Labute approximate surface area is 100 Å². The van der Waals surface area contributed by atoms with Crippen LogP contribution in [0.5, 0.6) is 5.75 Å². The molecule has 0 aliphatic heterocycles. The number of halogens is 2. The third-order valence-electron chi connectivity index (χ3n) is 2.57. The second-order valence-electron chi connectivity index (χ2n) is 5.46. The topological polar surface area (TPSA) is 9.23 Å². The van der Waals surface area contributed by atoms with E-state index < -0.39 is 17.2 Å². The van der Waals surface area contributed by atoms with Gasteiger partial charge in [-0.25, -0.2) is 8.78 Å². The molecule has 1 aliphatic rings. The van der Waals surface area contributed by atoms with E-state index in [4.69, 9.17) is 4.74 Å². The molecule has 0 radical (unpaired) electrons. The number of ether oxygens (including phenoxy) is 1. The molecule has 0 atom stereocenters. The number of benzene rings is 1. The van der Waals surface area contributed by atoms with Crippen LogP contribution in [-0.2, 0) is 6.42 Å². The molecule has 1 nitrogen and oxygen atoms in total. The molecule has 1 aromatic carbocycles. The lowest BCUT2D eigenvalue weighted by Crippen LogP contribution is -2.24. The highest BCUT2D eigenvalue weighted by Gasteiger charge is 2.25. The molecule has 0 saturated heterocycles. The fraction of sp³-hybridized carbons (Fsp3) is 0.429. The van der Waals surface area contributed by atoms with Gasteiger partial charge in [0.2, 0.25) is 0 Å². The Bertz CT molecular complexity index is 496. The van der Waals surface area contributed by atoms with Gasteiger partial charge in [-0.3, -0.25) is 0 Å². The first kappa shape index (κ1) is 12.1. The third kappa shape index (κ3) is 2.33. The molecule has 1 aliphatic carbocycles. The van der Waals surface area contributed by atoms with Crippen molar-refractivity contribution in [2.75, 3.05) is 0 Å². The molecule has 0 saturated carbocycles. The largest absolute Gasteiger partial charge is 0.482 e. The average Bonchev–Trinajstić information content (AvgIpc) is 2.52. The minimum atomic E-state index is -0.626. The normalized spacial score (nSPS) is 14.6. The summed E-state index contributed by atoms with van der Waals surface area (Å²) in [5.41, 5.74) is 1.57. The zero-order valence-electron chi connectivity index (χ0n) is 10.5. The van der Waals surface area contributed by atoms with E-state index in [1.807, 2.05) is 6.92 Å². The Kier molecular flexibility index (Phi) is 2.72. The van der Waals surface area contributed by atoms with Gasteiger partial charge in [0, 0.05) is 5.56 Å². The molecule has 2 rings (SSSR count). The van der Waals surface area contributed by atoms with Crippen LogP contribution in [0, 0.1) is 11.6 Å². The highest BCUT2D eigenvalue weighted by molar-refractivity contribution is 5.65. The maximum atomic E-state index is 14.1. The highest BCUT2D eigenvalue weighted by Crippen LogP contribution is 2.35. The molecular weight excluding hydrogens is 222 g/mol. The van der Waals surface area contributed by atoms with Crippen LogP contribution in [0.25, 0.3) is 6.08 Å². The summed E-state index contributed by atoms with van der Waals surface area (Å²) in [6, 6.07) is 1.37. The van der Waals surface area contributed by atoms with Crippen molar-refractivity contribution in [3.63, 3.8) is 0 Å². The van der Waals surface area contributed by atoms with Gasteiger partial charge in [0.05, 0.1) is 0 Å². The van der Waals surface area contributed by atoms with Crippen LogP contribution in [-0.4, -0.2) is 5.60 Å². The lowest BCUT2D eigenvalue weighted by Gasteiger charge is -2.22. The lowest BCUT2D eigenvalue weighted by atomic mass is 10.1. The molecule has 92 valence electrons. The Balaban J connectivity index is 2.51. The van der Waals surface area contributed by atoms with Crippen molar-refractivity contribution in [2.45, 2.75) is 39.7 Å². The van der Waals surface area contributed by atoms with Gasteiger partial charge in [-0.2, -0.15) is 0 Å². The first-order valence-electron chi connectivity index (χ1n) is 5.65. The number of hydrogen-bond donors (Lipinski definition) is 0. The van der Waals surface area contributed by atoms with Gasteiger partial charge in [-0.15, -0.1) is 0 Å². The minimum absolute atomic E-state index is 0.276. The summed E-state index contributed by atoms with van der Waals surface area (Å²) in [5, 5.41) is 0. The van der Waals surface area contributed by atoms with E-state index in [0.717, 1.165) is 5.57 Å². The minimum Gasteiger partial charge on any atom is -0.482 e. The second-order valence-corrected chi connectivity index (χ2v) is 5.46. The second kappa shape index (κ2) is 3.83. The SMILES string of the molecule is CC1=Cc2c(cc(F)c(OC(C)(C)C)c2F)C1. The summed E-state index contributed by atoms with van der Waals surface area (Å²) in [4.78, 5) is 0. The fourth-order valence-corrected chi connectivity index (χ4v) is 1.96. The van der Waals surface area contributed by atoms with Crippen LogP contribution < -0.4 is 4.74 Å². The van der Waals surface area contributed by atoms with E-state index in [1.165, 1.54) is 6.07 Å². The van der Waals surface area contributed by atoms with Crippen LogP contribution in [0.2, 0.25) is 0 Å². The summed E-state index contributed by atoms with van der Waals surface area (Å²) >= 11 is 0. The van der Waals surface area contributed by atoms with Crippen LogP contribution >= 0.6 is 0 Å². The van der Waals surface area contributed by atoms with Gasteiger partial charge in [0.15, 0.2) is 17.4 Å². The quantitative estimate of drug-likeness (QED) is 0.715. The molecule has 3 heteroatoms. The van der Waals surface area contributed by atoms with Gasteiger partial charge in [-0.1, -0.05) is 11.6 Å². The van der Waals surface area contributed by atoms with E-state index in [0.29, 0.717) is 17.5 Å². The number of fused-ring (bicyclic) bond motifs is 1. The van der Waals surface area contributed by atoms with Gasteiger partial charge >= 0.3 is 0 Å². The molecule has 0 bridgehead atoms. The van der Waals surface area contributed by atoms with Crippen molar-refractivity contribution in [1.82, 2.24) is 0 Å². The fourth-order valence-electron chi connectivity index (χ4n) is 1.96. The molecule has 0 N–H and O–H groups in total. The Morgan fingerprint density at radius 1 is 1.24 bits per heavy atom. The van der Waals surface area contributed by atoms with Crippen molar-refractivity contribution in [3.05, 3.63) is 34.4 Å². The van der Waals surface area contributed by atoms with E-state index in [9.17, 15) is 8.78 Å². The van der Waals surface area contributed by atoms with Crippen molar-refractivity contribution in [3.8, 4) is 5.75 Å². The molecular formula is C14H16F2O. The third-order valence-corrected chi connectivity index (χ3v) is 2.57.